The maximum absolute atomic E-state index is 6.54. The maximum atomic E-state index is 6.54. The van der Waals surface area contributed by atoms with Crippen LogP contribution >= 0.6 is 0 Å². The van der Waals surface area contributed by atoms with Crippen LogP contribution in [-0.2, 0) is 24.4 Å². The fourth-order valence-corrected chi connectivity index (χ4v) is 6.84. The van der Waals surface area contributed by atoms with E-state index in [1.54, 1.807) is 0 Å². The van der Waals surface area contributed by atoms with E-state index in [4.69, 9.17) is 18.9 Å². The molecular weight excluding hydrogens is 536 g/mol. The number of hydrogen-bond acceptors (Lipinski definition) is 6. The largest absolute Gasteiger partial charge is 0.339 e. The Morgan fingerprint density at radius 1 is 0.535 bits per heavy atom. The number of nitrogens with zero attached hydrogens (tertiary/aromatic N) is 2. The van der Waals surface area contributed by atoms with Crippen LogP contribution in [0.4, 0.5) is 0 Å². The zero-order valence-corrected chi connectivity index (χ0v) is 28.9. The van der Waals surface area contributed by atoms with E-state index in [9.17, 15) is 0 Å². The highest BCUT2D eigenvalue weighted by atomic mass is 16.8. The van der Waals surface area contributed by atoms with Gasteiger partial charge in [-0.3, -0.25) is 0 Å². The molecule has 43 heavy (non-hydrogen) atoms. The molecule has 0 radical (unpaired) electrons. The fourth-order valence-electron chi connectivity index (χ4n) is 6.84. The summed E-state index contributed by atoms with van der Waals surface area (Å²) in [6.07, 6.45) is 3.57. The van der Waals surface area contributed by atoms with Gasteiger partial charge < -0.3 is 28.7 Å². The fraction of sp³-hybridized carbons (Fsp3) is 0.676. The Kier molecular flexibility index (Phi) is 8.50. The first-order valence-corrected chi connectivity index (χ1v) is 16.2. The van der Waals surface area contributed by atoms with Crippen LogP contribution in [-0.4, -0.2) is 73.5 Å². The molecule has 3 aliphatic rings. The Morgan fingerprint density at radius 2 is 0.860 bits per heavy atom. The molecule has 2 heterocycles. The van der Waals surface area contributed by atoms with Gasteiger partial charge in [-0.25, -0.2) is 0 Å². The zero-order valence-electron chi connectivity index (χ0n) is 28.9. The zero-order chi connectivity index (χ0) is 31.6. The summed E-state index contributed by atoms with van der Waals surface area (Å²) < 4.78 is 26.1. The summed E-state index contributed by atoms with van der Waals surface area (Å²) in [5.41, 5.74) is 5.99. The summed E-state index contributed by atoms with van der Waals surface area (Å²) in [4.78, 5) is 4.60. The molecule has 2 fully saturated rings. The standard InChI is InChI=1S/C37H56N2O4/c1-33(2)34(3,4)41-31(40-33)25-15-17-27-28-18-16-26(32-42-35(5,6)36(7,8)43-32)24-30(28)37(29(27)23-25,19-13-21-38(9)10)20-14-22-39(11)12/h15-18,23-24,31-32H,13-14,19-22H2,1-12H3. The van der Waals surface area contributed by atoms with E-state index in [2.05, 4.69) is 130 Å². The number of fused-ring (bicyclic) bond motifs is 3. The molecule has 0 amide bonds. The summed E-state index contributed by atoms with van der Waals surface area (Å²) >= 11 is 0. The van der Waals surface area contributed by atoms with Crippen LogP contribution in [0.5, 0.6) is 0 Å². The normalized spacial score (nSPS) is 23.3. The summed E-state index contributed by atoms with van der Waals surface area (Å²) in [5, 5.41) is 0. The van der Waals surface area contributed by atoms with Crippen LogP contribution in [0.2, 0.25) is 0 Å². The lowest BCUT2D eigenvalue weighted by molar-refractivity contribution is -0.0899. The Hall–Kier alpha value is -1.80. The predicted octanol–water partition coefficient (Wildman–Crippen LogP) is 7.84. The van der Waals surface area contributed by atoms with Gasteiger partial charge in [-0.05, 0) is 157 Å². The highest BCUT2D eigenvalue weighted by Gasteiger charge is 2.52. The minimum absolute atomic E-state index is 0.129. The smallest absolute Gasteiger partial charge is 0.185 e. The minimum atomic E-state index is -0.388. The number of benzene rings is 2. The molecule has 0 N–H and O–H groups in total. The third-order valence-electron chi connectivity index (χ3n) is 10.9. The van der Waals surface area contributed by atoms with Gasteiger partial charge in [-0.15, -0.1) is 0 Å². The maximum Gasteiger partial charge on any atom is 0.185 e. The molecule has 0 aromatic heterocycles. The first-order chi connectivity index (χ1) is 19.9. The van der Waals surface area contributed by atoms with Crippen LogP contribution in [0, 0.1) is 0 Å². The van der Waals surface area contributed by atoms with Gasteiger partial charge in [0, 0.05) is 16.5 Å². The van der Waals surface area contributed by atoms with Gasteiger partial charge in [0.15, 0.2) is 12.6 Å². The van der Waals surface area contributed by atoms with Gasteiger partial charge in [0.1, 0.15) is 0 Å². The Balaban J connectivity index is 1.62. The molecule has 6 heteroatoms. The molecule has 238 valence electrons. The first kappa shape index (κ1) is 32.6. The molecule has 2 aromatic carbocycles. The predicted molar refractivity (Wildman–Crippen MR) is 174 cm³/mol. The Bertz CT molecular complexity index is 1190. The lowest BCUT2D eigenvalue weighted by Crippen LogP contribution is -2.41. The highest BCUT2D eigenvalue weighted by Crippen LogP contribution is 2.56. The molecule has 0 saturated carbocycles. The van der Waals surface area contributed by atoms with Crippen LogP contribution in [0.3, 0.4) is 0 Å². The average molecular weight is 593 g/mol. The van der Waals surface area contributed by atoms with Crippen molar-refractivity contribution in [1.82, 2.24) is 9.80 Å². The van der Waals surface area contributed by atoms with Crippen molar-refractivity contribution in [3.63, 3.8) is 0 Å². The first-order valence-electron chi connectivity index (χ1n) is 16.2. The molecule has 0 unspecified atom stereocenters. The number of ether oxygens (including phenoxy) is 4. The Labute approximate surface area is 261 Å². The molecular formula is C37H56N2O4. The SMILES string of the molecule is CN(C)CCCC1(CCCN(C)C)c2cc(C3OC(C)(C)C(C)(C)O3)ccc2-c2ccc(C3OC(C)(C)C(C)(C)O3)cc21. The molecule has 2 aliphatic heterocycles. The van der Waals surface area contributed by atoms with E-state index >= 15 is 0 Å². The van der Waals surface area contributed by atoms with Gasteiger partial charge in [-0.2, -0.15) is 0 Å². The summed E-state index contributed by atoms with van der Waals surface area (Å²) in [5.74, 6) is 0. The lowest BCUT2D eigenvalue weighted by Gasteiger charge is -2.34. The van der Waals surface area contributed by atoms with Gasteiger partial charge in [0.25, 0.3) is 0 Å². The van der Waals surface area contributed by atoms with Gasteiger partial charge >= 0.3 is 0 Å². The number of hydrogen-bond donors (Lipinski definition) is 0. The summed E-state index contributed by atoms with van der Waals surface area (Å²) in [6, 6.07) is 13.8. The van der Waals surface area contributed by atoms with Crippen molar-refractivity contribution < 1.29 is 18.9 Å². The second-order valence-electron chi connectivity index (χ2n) is 15.7. The number of rotatable bonds is 10. The molecule has 1 aliphatic carbocycles. The van der Waals surface area contributed by atoms with Crippen LogP contribution in [0.25, 0.3) is 11.1 Å². The van der Waals surface area contributed by atoms with Gasteiger partial charge in [-0.1, -0.05) is 24.3 Å². The van der Waals surface area contributed by atoms with Crippen molar-refractivity contribution in [1.29, 1.82) is 0 Å². The van der Waals surface area contributed by atoms with Crippen molar-refractivity contribution in [2.75, 3.05) is 41.3 Å². The monoisotopic (exact) mass is 592 g/mol. The second kappa shape index (κ2) is 11.2. The van der Waals surface area contributed by atoms with Crippen molar-refractivity contribution in [3.8, 4) is 11.1 Å². The minimum Gasteiger partial charge on any atom is -0.339 e. The topological polar surface area (TPSA) is 43.4 Å². The molecule has 0 spiro atoms. The van der Waals surface area contributed by atoms with E-state index in [1.165, 1.54) is 22.3 Å². The second-order valence-corrected chi connectivity index (χ2v) is 15.7. The summed E-state index contributed by atoms with van der Waals surface area (Å²) in [7, 11) is 8.67. The van der Waals surface area contributed by atoms with Crippen LogP contribution < -0.4 is 0 Å². The quantitative estimate of drug-likeness (QED) is 0.280. The Morgan fingerprint density at radius 3 is 1.16 bits per heavy atom. The van der Waals surface area contributed by atoms with E-state index in [-0.39, 0.29) is 40.4 Å². The van der Waals surface area contributed by atoms with E-state index in [1.807, 2.05) is 0 Å². The third kappa shape index (κ3) is 5.84. The van der Waals surface area contributed by atoms with Crippen molar-refractivity contribution in [3.05, 3.63) is 58.7 Å². The van der Waals surface area contributed by atoms with E-state index in [0.717, 1.165) is 49.9 Å². The van der Waals surface area contributed by atoms with Gasteiger partial charge in [0.05, 0.1) is 22.4 Å². The van der Waals surface area contributed by atoms with E-state index in [0.29, 0.717) is 0 Å². The van der Waals surface area contributed by atoms with Crippen molar-refractivity contribution in [2.24, 2.45) is 0 Å². The summed E-state index contributed by atoms with van der Waals surface area (Å²) in [6.45, 7) is 19.1. The molecule has 0 bridgehead atoms. The van der Waals surface area contributed by atoms with E-state index < -0.39 is 0 Å². The molecule has 5 rings (SSSR count). The van der Waals surface area contributed by atoms with Crippen molar-refractivity contribution >= 4 is 0 Å². The molecule has 2 saturated heterocycles. The van der Waals surface area contributed by atoms with Crippen LogP contribution in [0.1, 0.15) is 116 Å². The highest BCUT2D eigenvalue weighted by molar-refractivity contribution is 5.82. The average Bonchev–Trinajstić information content (AvgIpc) is 3.38. The van der Waals surface area contributed by atoms with Crippen molar-refractivity contribution in [2.45, 2.75) is 121 Å². The molecule has 6 nitrogen and oxygen atoms in total. The lowest BCUT2D eigenvalue weighted by atomic mass is 9.70. The third-order valence-corrected chi connectivity index (χ3v) is 10.9. The molecule has 0 atom stereocenters. The van der Waals surface area contributed by atoms with Crippen LogP contribution in [0.15, 0.2) is 36.4 Å². The van der Waals surface area contributed by atoms with Gasteiger partial charge in [0.2, 0.25) is 0 Å². The molecule has 2 aromatic rings.